The molecule has 1 aromatic heterocycles. The lowest BCUT2D eigenvalue weighted by Gasteiger charge is -2.12. The van der Waals surface area contributed by atoms with Crippen molar-refractivity contribution in [3.63, 3.8) is 0 Å². The summed E-state index contributed by atoms with van der Waals surface area (Å²) in [6.07, 6.45) is 0.737. The van der Waals surface area contributed by atoms with Crippen molar-refractivity contribution in [3.05, 3.63) is 27.0 Å². The molecule has 0 fully saturated rings. The fourth-order valence-corrected chi connectivity index (χ4v) is 1.51. The van der Waals surface area contributed by atoms with Crippen LogP contribution in [0.25, 0.3) is 0 Å². The molecule has 0 aromatic carbocycles. The number of pyridine rings is 1. The van der Waals surface area contributed by atoms with Crippen LogP contribution >= 0.6 is 0 Å². The van der Waals surface area contributed by atoms with E-state index in [2.05, 4.69) is 0 Å². The maximum Gasteiger partial charge on any atom is 0.271 e. The van der Waals surface area contributed by atoms with E-state index in [0.717, 1.165) is 6.42 Å². The van der Waals surface area contributed by atoms with Gasteiger partial charge in [-0.1, -0.05) is 6.92 Å². The van der Waals surface area contributed by atoms with Crippen LogP contribution in [0, 0.1) is 25.2 Å². The smallest absolute Gasteiger partial charge is 0.271 e. The molecule has 4 heteroatoms. The average molecular weight is 206 g/mol. The minimum atomic E-state index is -0.403. The Labute approximate surface area is 88.4 Å². The first-order valence-corrected chi connectivity index (χ1v) is 4.87. The van der Waals surface area contributed by atoms with Gasteiger partial charge >= 0.3 is 0 Å². The number of aromatic hydroxyl groups is 1. The summed E-state index contributed by atoms with van der Waals surface area (Å²) in [4.78, 5) is 11.8. The summed E-state index contributed by atoms with van der Waals surface area (Å²) < 4.78 is 1.25. The Balaban J connectivity index is 3.63. The molecular formula is C11H14N2O2. The Morgan fingerprint density at radius 2 is 2.00 bits per heavy atom. The van der Waals surface area contributed by atoms with Crippen LogP contribution in [0.5, 0.6) is 5.88 Å². The molecule has 0 atom stereocenters. The third kappa shape index (κ3) is 1.73. The van der Waals surface area contributed by atoms with E-state index in [1.165, 1.54) is 4.57 Å². The van der Waals surface area contributed by atoms with Gasteiger partial charge < -0.3 is 5.11 Å². The highest BCUT2D eigenvalue weighted by Gasteiger charge is 2.15. The van der Waals surface area contributed by atoms with Crippen molar-refractivity contribution in [1.82, 2.24) is 4.57 Å². The van der Waals surface area contributed by atoms with Gasteiger partial charge in [-0.3, -0.25) is 9.36 Å². The fraction of sp³-hybridized carbons (Fsp3) is 0.455. The van der Waals surface area contributed by atoms with E-state index >= 15 is 0 Å². The molecule has 4 nitrogen and oxygen atoms in total. The van der Waals surface area contributed by atoms with Gasteiger partial charge in [-0.25, -0.2) is 0 Å². The average Bonchev–Trinajstić information content (AvgIpc) is 2.22. The highest BCUT2D eigenvalue weighted by atomic mass is 16.3. The molecule has 0 aliphatic heterocycles. The van der Waals surface area contributed by atoms with Crippen LogP contribution in [-0.4, -0.2) is 9.67 Å². The molecular weight excluding hydrogens is 192 g/mol. The number of nitriles is 1. The fourth-order valence-electron chi connectivity index (χ4n) is 1.51. The second-order valence-electron chi connectivity index (χ2n) is 3.52. The molecule has 1 N–H and O–H groups in total. The van der Waals surface area contributed by atoms with Crippen molar-refractivity contribution in [2.45, 2.75) is 33.7 Å². The predicted molar refractivity (Wildman–Crippen MR) is 56.8 cm³/mol. The van der Waals surface area contributed by atoms with E-state index in [9.17, 15) is 9.90 Å². The van der Waals surface area contributed by atoms with Gasteiger partial charge in [0.1, 0.15) is 11.6 Å². The quantitative estimate of drug-likeness (QED) is 0.796. The van der Waals surface area contributed by atoms with E-state index in [-0.39, 0.29) is 11.4 Å². The highest BCUT2D eigenvalue weighted by Crippen LogP contribution is 2.19. The zero-order valence-electron chi connectivity index (χ0n) is 9.16. The Bertz CT molecular complexity index is 481. The van der Waals surface area contributed by atoms with Gasteiger partial charge in [0.2, 0.25) is 0 Å². The minimum Gasteiger partial charge on any atom is -0.494 e. The van der Waals surface area contributed by atoms with Crippen LogP contribution < -0.4 is 5.56 Å². The highest BCUT2D eigenvalue weighted by molar-refractivity contribution is 5.44. The van der Waals surface area contributed by atoms with Crippen molar-refractivity contribution >= 4 is 0 Å². The van der Waals surface area contributed by atoms with Crippen LogP contribution in [-0.2, 0) is 6.54 Å². The first-order chi connectivity index (χ1) is 7.04. The maximum atomic E-state index is 11.8. The first-order valence-electron chi connectivity index (χ1n) is 4.87. The molecule has 1 heterocycles. The number of nitrogens with zero attached hydrogens (tertiary/aromatic N) is 2. The van der Waals surface area contributed by atoms with E-state index in [1.807, 2.05) is 13.0 Å². The van der Waals surface area contributed by atoms with Gasteiger partial charge in [0, 0.05) is 12.1 Å². The molecule has 0 aliphatic carbocycles. The Kier molecular flexibility index (Phi) is 3.15. The molecule has 0 amide bonds. The van der Waals surface area contributed by atoms with E-state index in [0.29, 0.717) is 17.7 Å². The van der Waals surface area contributed by atoms with Crippen LogP contribution in [0.1, 0.15) is 30.0 Å². The minimum absolute atomic E-state index is 0.0293. The molecule has 1 aromatic rings. The van der Waals surface area contributed by atoms with Gasteiger partial charge in [0.05, 0.1) is 0 Å². The normalized spacial score (nSPS) is 10.0. The Morgan fingerprint density at radius 1 is 1.40 bits per heavy atom. The maximum absolute atomic E-state index is 11.8. The summed E-state index contributed by atoms with van der Waals surface area (Å²) in [5.74, 6) is -0.0293. The molecule has 1 rings (SSSR count). The summed E-state index contributed by atoms with van der Waals surface area (Å²) in [7, 11) is 0. The van der Waals surface area contributed by atoms with Gasteiger partial charge in [0.15, 0.2) is 5.88 Å². The van der Waals surface area contributed by atoms with Crippen molar-refractivity contribution < 1.29 is 5.11 Å². The summed E-state index contributed by atoms with van der Waals surface area (Å²) in [6.45, 7) is 5.72. The molecule has 80 valence electrons. The zero-order valence-corrected chi connectivity index (χ0v) is 9.16. The molecule has 0 bridgehead atoms. The monoisotopic (exact) mass is 206 g/mol. The van der Waals surface area contributed by atoms with E-state index < -0.39 is 5.56 Å². The molecule has 15 heavy (non-hydrogen) atoms. The summed E-state index contributed by atoms with van der Waals surface area (Å²) in [6, 6.07) is 1.89. The number of hydrogen-bond acceptors (Lipinski definition) is 3. The van der Waals surface area contributed by atoms with Gasteiger partial charge in [-0.05, 0) is 25.8 Å². The molecule has 0 unspecified atom stereocenters. The molecule has 0 aliphatic rings. The van der Waals surface area contributed by atoms with Crippen molar-refractivity contribution in [2.24, 2.45) is 0 Å². The topological polar surface area (TPSA) is 66.0 Å². The lowest BCUT2D eigenvalue weighted by molar-refractivity contribution is 0.399. The Hall–Kier alpha value is -1.76. The molecule has 0 spiro atoms. The summed E-state index contributed by atoms with van der Waals surface area (Å²) >= 11 is 0. The Morgan fingerprint density at radius 3 is 2.47 bits per heavy atom. The lowest BCUT2D eigenvalue weighted by Crippen LogP contribution is -2.24. The third-order valence-electron chi connectivity index (χ3n) is 2.55. The second kappa shape index (κ2) is 4.18. The van der Waals surface area contributed by atoms with Crippen LogP contribution in [0.3, 0.4) is 0 Å². The SMILES string of the molecule is CCCn1c(O)c(C)c(C)c(C#N)c1=O. The number of aromatic nitrogens is 1. The first kappa shape index (κ1) is 11.3. The molecule has 0 radical (unpaired) electrons. The van der Waals surface area contributed by atoms with E-state index in [4.69, 9.17) is 5.26 Å². The van der Waals surface area contributed by atoms with Crippen molar-refractivity contribution in [1.29, 1.82) is 5.26 Å². The van der Waals surface area contributed by atoms with E-state index in [1.54, 1.807) is 13.8 Å². The summed E-state index contributed by atoms with van der Waals surface area (Å²) in [5.41, 5.74) is 0.880. The van der Waals surface area contributed by atoms with Crippen LogP contribution in [0.4, 0.5) is 0 Å². The number of rotatable bonds is 2. The van der Waals surface area contributed by atoms with Gasteiger partial charge in [-0.2, -0.15) is 5.26 Å². The predicted octanol–water partition coefficient (Wildman–Crippen LogP) is 1.45. The van der Waals surface area contributed by atoms with Gasteiger partial charge in [-0.15, -0.1) is 0 Å². The zero-order chi connectivity index (χ0) is 11.6. The lowest BCUT2D eigenvalue weighted by atomic mass is 10.1. The molecule has 0 saturated carbocycles. The standard InChI is InChI=1S/C11H14N2O2/c1-4-5-13-10(14)8(3)7(2)9(6-12)11(13)15/h14H,4-5H2,1-3H3. The van der Waals surface area contributed by atoms with Crippen LogP contribution in [0.2, 0.25) is 0 Å². The molecule has 0 saturated heterocycles. The number of hydrogen-bond donors (Lipinski definition) is 1. The largest absolute Gasteiger partial charge is 0.494 e. The van der Waals surface area contributed by atoms with Crippen molar-refractivity contribution in [2.75, 3.05) is 0 Å². The van der Waals surface area contributed by atoms with Crippen LogP contribution in [0.15, 0.2) is 4.79 Å². The van der Waals surface area contributed by atoms with Gasteiger partial charge in [0.25, 0.3) is 5.56 Å². The van der Waals surface area contributed by atoms with Crippen molar-refractivity contribution in [3.8, 4) is 11.9 Å². The second-order valence-corrected chi connectivity index (χ2v) is 3.52. The third-order valence-corrected chi connectivity index (χ3v) is 2.55. The summed E-state index contributed by atoms with van der Waals surface area (Å²) in [5, 5.41) is 18.6.